The lowest BCUT2D eigenvalue weighted by Gasteiger charge is -2.33. The van der Waals surface area contributed by atoms with E-state index in [4.69, 9.17) is 0 Å². The molecule has 0 aromatic carbocycles. The van der Waals surface area contributed by atoms with Crippen molar-refractivity contribution < 1.29 is 9.90 Å². The molecule has 2 N–H and O–H groups in total. The minimum absolute atomic E-state index is 0.0530. The van der Waals surface area contributed by atoms with Crippen molar-refractivity contribution in [1.29, 1.82) is 0 Å². The lowest BCUT2D eigenvalue weighted by atomic mass is 9.96. The minimum atomic E-state index is -0.241. The topological polar surface area (TPSA) is 52.6 Å². The van der Waals surface area contributed by atoms with E-state index in [0.717, 1.165) is 51.9 Å². The van der Waals surface area contributed by atoms with Crippen molar-refractivity contribution in [1.82, 2.24) is 10.2 Å². The number of hydrogen-bond donors (Lipinski definition) is 2. The van der Waals surface area contributed by atoms with Gasteiger partial charge >= 0.3 is 0 Å². The molecule has 1 unspecified atom stereocenters. The molecule has 1 aliphatic heterocycles. The van der Waals surface area contributed by atoms with Crippen LogP contribution >= 0.6 is 0 Å². The van der Waals surface area contributed by atoms with E-state index >= 15 is 0 Å². The lowest BCUT2D eigenvalue weighted by molar-refractivity contribution is -0.119. The summed E-state index contributed by atoms with van der Waals surface area (Å²) in [7, 11) is 0. The van der Waals surface area contributed by atoms with E-state index in [-0.39, 0.29) is 12.0 Å². The number of likely N-dealkylation sites (tertiary alicyclic amines) is 1. The van der Waals surface area contributed by atoms with Crippen LogP contribution in [0.5, 0.6) is 0 Å². The first-order chi connectivity index (χ1) is 8.61. The van der Waals surface area contributed by atoms with Crippen molar-refractivity contribution in [3.8, 4) is 0 Å². The Morgan fingerprint density at radius 1 is 1.56 bits per heavy atom. The highest BCUT2D eigenvalue weighted by atomic mass is 16.3. The highest BCUT2D eigenvalue weighted by molar-refractivity contribution is 5.72. The Hall–Kier alpha value is -0.870. The maximum absolute atomic E-state index is 10.8. The highest BCUT2D eigenvalue weighted by Gasteiger charge is 2.20. The van der Waals surface area contributed by atoms with E-state index in [0.29, 0.717) is 5.92 Å². The molecule has 0 bridgehead atoms. The molecule has 1 aliphatic rings. The van der Waals surface area contributed by atoms with E-state index in [2.05, 4.69) is 16.8 Å². The molecule has 1 saturated heterocycles. The van der Waals surface area contributed by atoms with Crippen LogP contribution in [-0.4, -0.2) is 48.2 Å². The molecule has 1 heterocycles. The fourth-order valence-electron chi connectivity index (χ4n) is 2.36. The van der Waals surface area contributed by atoms with E-state index in [1.165, 1.54) is 0 Å². The molecular weight excluding hydrogens is 228 g/mol. The Morgan fingerprint density at radius 2 is 2.22 bits per heavy atom. The summed E-state index contributed by atoms with van der Waals surface area (Å²) in [4.78, 5) is 13.2. The number of piperidine rings is 1. The van der Waals surface area contributed by atoms with Crippen molar-refractivity contribution in [2.45, 2.75) is 38.7 Å². The fourth-order valence-corrected chi connectivity index (χ4v) is 2.36. The van der Waals surface area contributed by atoms with Crippen LogP contribution in [0, 0.1) is 5.92 Å². The van der Waals surface area contributed by atoms with Crippen molar-refractivity contribution in [3.63, 3.8) is 0 Å². The number of aliphatic hydroxyl groups is 1. The summed E-state index contributed by atoms with van der Waals surface area (Å²) in [6, 6.07) is 0. The number of allylic oxidation sites excluding steroid dienone is 1. The van der Waals surface area contributed by atoms with Crippen LogP contribution < -0.4 is 5.32 Å². The summed E-state index contributed by atoms with van der Waals surface area (Å²) in [5, 5.41) is 12.7. The number of nitrogens with one attached hydrogen (secondary N) is 1. The molecule has 0 aliphatic carbocycles. The molecule has 0 aromatic rings. The van der Waals surface area contributed by atoms with E-state index in [9.17, 15) is 9.90 Å². The lowest BCUT2D eigenvalue weighted by Crippen LogP contribution is -2.41. The Kier molecular flexibility index (Phi) is 6.98. The highest BCUT2D eigenvalue weighted by Crippen LogP contribution is 2.17. The number of aliphatic hydroxyl groups excluding tert-OH is 1. The first-order valence-electron chi connectivity index (χ1n) is 6.87. The quantitative estimate of drug-likeness (QED) is 0.670. The van der Waals surface area contributed by atoms with Crippen molar-refractivity contribution in [3.05, 3.63) is 12.7 Å². The predicted molar refractivity (Wildman–Crippen MR) is 73.3 cm³/mol. The predicted octanol–water partition coefficient (Wildman–Crippen LogP) is 1.16. The first kappa shape index (κ1) is 15.2. The van der Waals surface area contributed by atoms with Crippen LogP contribution in [0.25, 0.3) is 0 Å². The smallest absolute Gasteiger partial charge is 0.216 e. The van der Waals surface area contributed by atoms with Crippen molar-refractivity contribution in [2.75, 3.05) is 26.2 Å². The minimum Gasteiger partial charge on any atom is -0.392 e. The van der Waals surface area contributed by atoms with Crippen LogP contribution in [0.3, 0.4) is 0 Å². The summed E-state index contributed by atoms with van der Waals surface area (Å²) in [5.41, 5.74) is 0. The first-order valence-corrected chi connectivity index (χ1v) is 6.87. The molecule has 4 nitrogen and oxygen atoms in total. The molecule has 1 atom stereocenters. The summed E-state index contributed by atoms with van der Waals surface area (Å²) < 4.78 is 0. The second kappa shape index (κ2) is 8.27. The molecule has 1 amide bonds. The molecule has 1 rings (SSSR count). The van der Waals surface area contributed by atoms with Gasteiger partial charge in [-0.25, -0.2) is 0 Å². The monoisotopic (exact) mass is 254 g/mol. The van der Waals surface area contributed by atoms with Gasteiger partial charge in [0.15, 0.2) is 0 Å². The van der Waals surface area contributed by atoms with Gasteiger partial charge in [-0.1, -0.05) is 6.08 Å². The van der Waals surface area contributed by atoms with Gasteiger partial charge in [0.25, 0.3) is 0 Å². The number of β-amino-alcohol motifs (C(OH)–C–C–N with tert-alkyl or cyclic N) is 1. The standard InChI is InChI=1S/C14H26N2O2/c1-3-4-5-14(18)11-16-8-6-13(7-9-16)10-15-12(2)17/h3,13-14,18H,1,4-11H2,2H3,(H,15,17). The van der Waals surface area contributed by atoms with Crippen LogP contribution in [0.15, 0.2) is 12.7 Å². The van der Waals surface area contributed by atoms with Crippen LogP contribution in [0.4, 0.5) is 0 Å². The zero-order valence-corrected chi connectivity index (χ0v) is 11.4. The third-order valence-electron chi connectivity index (χ3n) is 3.52. The maximum Gasteiger partial charge on any atom is 0.216 e. The van der Waals surface area contributed by atoms with Gasteiger partial charge in [-0.2, -0.15) is 0 Å². The van der Waals surface area contributed by atoms with Gasteiger partial charge in [-0.15, -0.1) is 6.58 Å². The normalized spacial score (nSPS) is 19.4. The Labute approximate surface area is 110 Å². The van der Waals surface area contributed by atoms with E-state index in [1.54, 1.807) is 6.92 Å². The summed E-state index contributed by atoms with van der Waals surface area (Å²) in [6.07, 6.45) is 5.50. The molecular formula is C14H26N2O2. The van der Waals surface area contributed by atoms with Gasteiger partial charge in [-0.3, -0.25) is 4.79 Å². The largest absolute Gasteiger partial charge is 0.392 e. The second-order valence-electron chi connectivity index (χ2n) is 5.20. The van der Waals surface area contributed by atoms with Crippen molar-refractivity contribution in [2.24, 2.45) is 5.92 Å². The Morgan fingerprint density at radius 3 is 2.78 bits per heavy atom. The number of carbonyl (C=O) groups is 1. The summed E-state index contributed by atoms with van der Waals surface area (Å²) in [5.74, 6) is 0.646. The van der Waals surface area contributed by atoms with Gasteiger partial charge in [0, 0.05) is 20.0 Å². The SMILES string of the molecule is C=CCCC(O)CN1CCC(CNC(C)=O)CC1. The van der Waals surface area contributed by atoms with Gasteiger partial charge in [0.05, 0.1) is 6.10 Å². The zero-order chi connectivity index (χ0) is 13.4. The Bertz CT molecular complexity index is 261. The van der Waals surface area contributed by atoms with E-state index < -0.39 is 0 Å². The average Bonchev–Trinajstić information content (AvgIpc) is 2.35. The second-order valence-corrected chi connectivity index (χ2v) is 5.20. The zero-order valence-electron chi connectivity index (χ0n) is 11.4. The van der Waals surface area contributed by atoms with Gasteiger partial charge in [0.1, 0.15) is 0 Å². The maximum atomic E-state index is 10.8. The summed E-state index contributed by atoms with van der Waals surface area (Å²) >= 11 is 0. The third-order valence-corrected chi connectivity index (χ3v) is 3.52. The average molecular weight is 254 g/mol. The number of amides is 1. The van der Waals surface area contributed by atoms with Crippen LogP contribution in [0.1, 0.15) is 32.6 Å². The van der Waals surface area contributed by atoms with Gasteiger partial charge < -0.3 is 15.3 Å². The number of rotatable bonds is 7. The molecule has 0 aromatic heterocycles. The fraction of sp³-hybridized carbons (Fsp3) is 0.786. The third kappa shape index (κ3) is 6.17. The molecule has 0 spiro atoms. The number of nitrogens with zero attached hydrogens (tertiary/aromatic N) is 1. The van der Waals surface area contributed by atoms with Crippen LogP contribution in [0.2, 0.25) is 0 Å². The van der Waals surface area contributed by atoms with Gasteiger partial charge in [-0.05, 0) is 44.7 Å². The number of carbonyl (C=O) groups excluding carboxylic acids is 1. The molecule has 18 heavy (non-hydrogen) atoms. The summed E-state index contributed by atoms with van der Waals surface area (Å²) in [6.45, 7) is 8.83. The molecule has 104 valence electrons. The molecule has 0 saturated carbocycles. The molecule has 1 fully saturated rings. The number of hydrogen-bond acceptors (Lipinski definition) is 3. The van der Waals surface area contributed by atoms with Gasteiger partial charge in [0.2, 0.25) is 5.91 Å². The molecule has 0 radical (unpaired) electrons. The van der Waals surface area contributed by atoms with Crippen molar-refractivity contribution >= 4 is 5.91 Å². The Balaban J connectivity index is 2.14. The van der Waals surface area contributed by atoms with Crippen LogP contribution in [-0.2, 0) is 4.79 Å². The molecule has 4 heteroatoms. The van der Waals surface area contributed by atoms with E-state index in [1.807, 2.05) is 6.08 Å².